The van der Waals surface area contributed by atoms with E-state index in [0.717, 1.165) is 36.4 Å². The van der Waals surface area contributed by atoms with E-state index in [0.29, 0.717) is 12.1 Å². The van der Waals surface area contributed by atoms with Crippen molar-refractivity contribution in [2.45, 2.75) is 26.8 Å². The third-order valence-corrected chi connectivity index (χ3v) is 5.34. The maximum Gasteiger partial charge on any atom is 0.259 e. The Morgan fingerprint density at radius 2 is 1.89 bits per heavy atom. The third-order valence-electron chi connectivity index (χ3n) is 5.34. The lowest BCUT2D eigenvalue weighted by Crippen LogP contribution is -2.32. The number of carbonyl (C=O) groups excluding carboxylic acids is 1. The second-order valence-electron chi connectivity index (χ2n) is 7.26. The van der Waals surface area contributed by atoms with E-state index in [4.69, 9.17) is 0 Å². The van der Waals surface area contributed by atoms with Crippen LogP contribution in [0, 0.1) is 6.92 Å². The molecule has 0 unspecified atom stereocenters. The predicted octanol–water partition coefficient (Wildman–Crippen LogP) is 4.62. The van der Waals surface area contributed by atoms with Gasteiger partial charge < -0.3 is 9.80 Å². The molecule has 1 amide bonds. The van der Waals surface area contributed by atoms with Gasteiger partial charge in [-0.15, -0.1) is 0 Å². The van der Waals surface area contributed by atoms with E-state index in [1.54, 1.807) is 11.1 Å². The molecule has 0 atom stereocenters. The van der Waals surface area contributed by atoms with E-state index in [-0.39, 0.29) is 5.91 Å². The fraction of sp³-hybridized carbons (Fsp3) is 0.250. The van der Waals surface area contributed by atoms with Gasteiger partial charge in [-0.3, -0.25) is 9.78 Å². The van der Waals surface area contributed by atoms with Crippen LogP contribution < -0.4 is 9.80 Å². The Hall–Kier alpha value is -3.14. The first-order valence-corrected chi connectivity index (χ1v) is 9.81. The minimum Gasteiger partial charge on any atom is -0.366 e. The second-order valence-corrected chi connectivity index (χ2v) is 7.26. The molecule has 142 valence electrons. The summed E-state index contributed by atoms with van der Waals surface area (Å²) < 4.78 is 0. The van der Waals surface area contributed by atoms with Crippen LogP contribution in [0.25, 0.3) is 0 Å². The molecular formula is C24H25N3O. The van der Waals surface area contributed by atoms with Crippen LogP contribution >= 0.6 is 0 Å². The van der Waals surface area contributed by atoms with Gasteiger partial charge in [-0.05, 0) is 55.2 Å². The molecule has 4 nitrogen and oxygen atoms in total. The Kier molecular flexibility index (Phi) is 5.11. The van der Waals surface area contributed by atoms with E-state index in [1.807, 2.05) is 50.4 Å². The van der Waals surface area contributed by atoms with Crippen LogP contribution in [-0.4, -0.2) is 24.0 Å². The number of anilines is 2. The van der Waals surface area contributed by atoms with E-state index >= 15 is 0 Å². The van der Waals surface area contributed by atoms with Gasteiger partial charge in [0.2, 0.25) is 0 Å². The van der Waals surface area contributed by atoms with Gasteiger partial charge in [-0.2, -0.15) is 0 Å². The van der Waals surface area contributed by atoms with Crippen molar-refractivity contribution in [2.24, 2.45) is 0 Å². The quantitative estimate of drug-likeness (QED) is 0.671. The molecule has 4 rings (SSSR count). The van der Waals surface area contributed by atoms with E-state index in [2.05, 4.69) is 34.1 Å². The molecule has 3 aromatic rings. The summed E-state index contributed by atoms with van der Waals surface area (Å²) in [5, 5.41) is 0. The van der Waals surface area contributed by atoms with Crippen LogP contribution in [0.15, 0.2) is 67.0 Å². The maximum absolute atomic E-state index is 13.2. The minimum atomic E-state index is -0.0140. The normalized spacial score (nSPS) is 13.1. The van der Waals surface area contributed by atoms with Crippen molar-refractivity contribution >= 4 is 17.3 Å². The molecule has 1 aliphatic rings. The number of benzene rings is 2. The smallest absolute Gasteiger partial charge is 0.259 e. The molecule has 0 radical (unpaired) electrons. The molecule has 0 bridgehead atoms. The number of pyridine rings is 1. The van der Waals surface area contributed by atoms with Crippen molar-refractivity contribution < 1.29 is 4.79 Å². The molecule has 4 heteroatoms. The number of aryl methyl sites for hydroxylation is 1. The van der Waals surface area contributed by atoms with E-state index < -0.39 is 0 Å². The molecule has 0 aliphatic carbocycles. The van der Waals surface area contributed by atoms with Gasteiger partial charge in [0.25, 0.3) is 5.91 Å². The van der Waals surface area contributed by atoms with Crippen LogP contribution in [0.2, 0.25) is 0 Å². The lowest BCUT2D eigenvalue weighted by Gasteiger charge is -2.31. The number of amides is 1. The average Bonchev–Trinajstić information content (AvgIpc) is 2.74. The van der Waals surface area contributed by atoms with Crippen LogP contribution in [0.3, 0.4) is 0 Å². The monoisotopic (exact) mass is 371 g/mol. The van der Waals surface area contributed by atoms with Gasteiger partial charge in [-0.25, -0.2) is 0 Å². The van der Waals surface area contributed by atoms with Gasteiger partial charge in [0.1, 0.15) is 0 Å². The summed E-state index contributed by atoms with van der Waals surface area (Å²) in [6.07, 6.45) is 4.54. The SMILES string of the molecule is CCN(C(=O)c1cncc(N2CCc3ccccc3C2)c1)c1cccc(C)c1. The molecule has 0 saturated heterocycles. The van der Waals surface area contributed by atoms with Crippen molar-refractivity contribution in [1.29, 1.82) is 0 Å². The van der Waals surface area contributed by atoms with Gasteiger partial charge >= 0.3 is 0 Å². The highest BCUT2D eigenvalue weighted by Gasteiger charge is 2.20. The highest BCUT2D eigenvalue weighted by molar-refractivity contribution is 6.06. The topological polar surface area (TPSA) is 36.4 Å². The number of carbonyl (C=O) groups is 1. The van der Waals surface area contributed by atoms with E-state index in [1.165, 1.54) is 11.1 Å². The first kappa shape index (κ1) is 18.2. The molecule has 2 heterocycles. The minimum absolute atomic E-state index is 0.0140. The summed E-state index contributed by atoms with van der Waals surface area (Å²) in [4.78, 5) is 21.7. The first-order valence-electron chi connectivity index (χ1n) is 9.81. The Bertz CT molecular complexity index is 998. The zero-order valence-electron chi connectivity index (χ0n) is 16.4. The molecule has 1 aliphatic heterocycles. The number of hydrogen-bond acceptors (Lipinski definition) is 3. The number of hydrogen-bond donors (Lipinski definition) is 0. The first-order chi connectivity index (χ1) is 13.7. The molecule has 0 fully saturated rings. The molecule has 1 aromatic heterocycles. The second kappa shape index (κ2) is 7.85. The lowest BCUT2D eigenvalue weighted by atomic mass is 9.99. The Morgan fingerprint density at radius 3 is 2.68 bits per heavy atom. The Morgan fingerprint density at radius 1 is 1.07 bits per heavy atom. The van der Waals surface area contributed by atoms with Crippen LogP contribution in [-0.2, 0) is 13.0 Å². The zero-order chi connectivity index (χ0) is 19.5. The van der Waals surface area contributed by atoms with Crippen molar-refractivity contribution in [3.8, 4) is 0 Å². The van der Waals surface area contributed by atoms with Crippen molar-refractivity contribution in [3.05, 3.63) is 89.2 Å². The summed E-state index contributed by atoms with van der Waals surface area (Å²) >= 11 is 0. The predicted molar refractivity (Wildman–Crippen MR) is 114 cm³/mol. The van der Waals surface area contributed by atoms with E-state index in [9.17, 15) is 4.79 Å². The number of rotatable bonds is 4. The fourth-order valence-corrected chi connectivity index (χ4v) is 3.83. The van der Waals surface area contributed by atoms with Crippen LogP contribution in [0.4, 0.5) is 11.4 Å². The van der Waals surface area contributed by atoms with Crippen LogP contribution in [0.5, 0.6) is 0 Å². The summed E-state index contributed by atoms with van der Waals surface area (Å²) in [7, 11) is 0. The summed E-state index contributed by atoms with van der Waals surface area (Å²) in [6.45, 7) is 6.44. The molecule has 0 spiro atoms. The van der Waals surface area contributed by atoms with Gasteiger partial charge in [0.05, 0.1) is 17.4 Å². The number of nitrogens with zero attached hydrogens (tertiary/aromatic N) is 3. The summed E-state index contributed by atoms with van der Waals surface area (Å²) in [6, 6.07) is 18.6. The molecule has 0 N–H and O–H groups in total. The fourth-order valence-electron chi connectivity index (χ4n) is 3.83. The number of fused-ring (bicyclic) bond motifs is 1. The van der Waals surface area contributed by atoms with Crippen molar-refractivity contribution in [3.63, 3.8) is 0 Å². The number of aromatic nitrogens is 1. The van der Waals surface area contributed by atoms with Crippen molar-refractivity contribution in [1.82, 2.24) is 4.98 Å². The molecule has 0 saturated carbocycles. The highest BCUT2D eigenvalue weighted by Crippen LogP contribution is 2.25. The summed E-state index contributed by atoms with van der Waals surface area (Å²) in [5.41, 5.74) is 6.45. The van der Waals surface area contributed by atoms with Crippen molar-refractivity contribution in [2.75, 3.05) is 22.9 Å². The van der Waals surface area contributed by atoms with Gasteiger partial charge in [0.15, 0.2) is 0 Å². The van der Waals surface area contributed by atoms with Gasteiger partial charge in [0, 0.05) is 31.5 Å². The summed E-state index contributed by atoms with van der Waals surface area (Å²) in [5.74, 6) is -0.0140. The zero-order valence-corrected chi connectivity index (χ0v) is 16.4. The third kappa shape index (κ3) is 3.63. The standard InChI is InChI=1S/C24H25N3O/c1-3-27(22-10-6-7-18(2)13-22)24(28)21-14-23(16-25-15-21)26-12-11-19-8-4-5-9-20(19)17-26/h4-10,13-16H,3,11-12,17H2,1-2H3. The average molecular weight is 371 g/mol. The Labute approximate surface area is 166 Å². The molecule has 28 heavy (non-hydrogen) atoms. The molecular weight excluding hydrogens is 346 g/mol. The maximum atomic E-state index is 13.2. The largest absolute Gasteiger partial charge is 0.366 e. The lowest BCUT2D eigenvalue weighted by molar-refractivity contribution is 0.0988. The molecule has 2 aromatic carbocycles. The van der Waals surface area contributed by atoms with Gasteiger partial charge in [-0.1, -0.05) is 36.4 Å². The highest BCUT2D eigenvalue weighted by atomic mass is 16.2. The Balaban J connectivity index is 1.59. The van der Waals surface area contributed by atoms with Crippen LogP contribution in [0.1, 0.15) is 34.0 Å².